The lowest BCUT2D eigenvalue weighted by atomic mass is 9.55. The van der Waals surface area contributed by atoms with Gasteiger partial charge in [0.2, 0.25) is 0 Å². The van der Waals surface area contributed by atoms with E-state index in [1.807, 2.05) is 42.5 Å². The molecule has 2 nitrogen and oxygen atoms in total. The topological polar surface area (TPSA) is 20.3 Å². The van der Waals surface area contributed by atoms with Gasteiger partial charge in [0, 0.05) is 33.8 Å². The first kappa shape index (κ1) is 26.3. The minimum atomic E-state index is -0.612. The molecule has 1 aliphatic heterocycles. The lowest BCUT2D eigenvalue weighted by molar-refractivity contribution is 0.0874. The van der Waals surface area contributed by atoms with Gasteiger partial charge in [0.05, 0.1) is 11.5 Å². The van der Waals surface area contributed by atoms with Crippen molar-refractivity contribution in [3.8, 4) is 0 Å². The number of likely N-dealkylation sites (N-methyl/N-ethyl adjacent to an activating group) is 1. The summed E-state index contributed by atoms with van der Waals surface area (Å²) in [6.45, 7) is 0. The van der Waals surface area contributed by atoms with E-state index in [4.69, 9.17) is 23.2 Å². The second-order valence-electron chi connectivity index (χ2n) is 11.6. The zero-order valence-corrected chi connectivity index (χ0v) is 24.5. The highest BCUT2D eigenvalue weighted by molar-refractivity contribution is 6.31. The summed E-state index contributed by atoms with van der Waals surface area (Å²) >= 11 is 12.6. The summed E-state index contributed by atoms with van der Waals surface area (Å²) in [5, 5.41) is 1.34. The molecule has 1 fully saturated rings. The highest BCUT2D eigenvalue weighted by atomic mass is 35.5. The van der Waals surface area contributed by atoms with Crippen molar-refractivity contribution in [1.29, 1.82) is 0 Å². The van der Waals surface area contributed by atoms with E-state index >= 15 is 4.79 Å². The lowest BCUT2D eigenvalue weighted by Gasteiger charge is -2.53. The molecule has 0 radical (unpaired) electrons. The van der Waals surface area contributed by atoms with E-state index in [0.29, 0.717) is 15.6 Å². The molecule has 4 heteroatoms. The molecule has 0 aromatic heterocycles. The van der Waals surface area contributed by atoms with Crippen LogP contribution in [0.5, 0.6) is 0 Å². The molecule has 4 aromatic carbocycles. The van der Waals surface area contributed by atoms with Gasteiger partial charge in [-0.2, -0.15) is 0 Å². The average molecular weight is 577 g/mol. The number of carbonyl (C=O) groups is 1. The smallest absolute Gasteiger partial charge is 0.173 e. The molecule has 2 spiro atoms. The fraction of sp³-hybridized carbons (Fsp3) is 0.216. The first-order valence-electron chi connectivity index (χ1n) is 14.3. The monoisotopic (exact) mass is 575 g/mol. The van der Waals surface area contributed by atoms with Gasteiger partial charge in [0.1, 0.15) is 0 Å². The minimum Gasteiger partial charge on any atom is -0.363 e. The zero-order chi connectivity index (χ0) is 28.2. The molecular formula is C37H31Cl2NO. The van der Waals surface area contributed by atoms with E-state index in [2.05, 4.69) is 84.8 Å². The minimum absolute atomic E-state index is 0.120. The lowest BCUT2D eigenvalue weighted by Crippen LogP contribution is -2.62. The van der Waals surface area contributed by atoms with Crippen molar-refractivity contribution < 1.29 is 4.79 Å². The van der Waals surface area contributed by atoms with Crippen LogP contribution < -0.4 is 4.90 Å². The molecule has 4 aromatic rings. The first-order chi connectivity index (χ1) is 19.9. The van der Waals surface area contributed by atoms with Crippen LogP contribution in [0, 0.1) is 5.92 Å². The summed E-state index contributed by atoms with van der Waals surface area (Å²) in [4.78, 5) is 17.5. The maximum Gasteiger partial charge on any atom is 0.173 e. The number of para-hydroxylation sites is 1. The van der Waals surface area contributed by atoms with E-state index in [1.54, 1.807) is 0 Å². The predicted octanol–water partition coefficient (Wildman–Crippen LogP) is 9.67. The van der Waals surface area contributed by atoms with Crippen molar-refractivity contribution >= 4 is 45.8 Å². The molecule has 0 saturated heterocycles. The number of nitrogens with zero attached hydrogens (tertiary/aromatic N) is 1. The molecule has 0 unspecified atom stereocenters. The Kier molecular flexibility index (Phi) is 6.45. The highest BCUT2D eigenvalue weighted by Gasteiger charge is 2.66. The van der Waals surface area contributed by atoms with Crippen LogP contribution in [-0.4, -0.2) is 18.4 Å². The van der Waals surface area contributed by atoms with Crippen LogP contribution in [0.1, 0.15) is 52.7 Å². The Balaban J connectivity index is 1.56. The Morgan fingerprint density at radius 1 is 0.756 bits per heavy atom. The number of hydrogen-bond acceptors (Lipinski definition) is 2. The third-order valence-corrected chi connectivity index (χ3v) is 10.2. The van der Waals surface area contributed by atoms with Gasteiger partial charge in [-0.25, -0.2) is 0 Å². The molecule has 2 atom stereocenters. The predicted molar refractivity (Wildman–Crippen MR) is 171 cm³/mol. The summed E-state index contributed by atoms with van der Waals surface area (Å²) in [6, 6.07) is 34.7. The number of carbonyl (C=O) groups excluding carboxylic acids is 1. The number of anilines is 1. The molecule has 204 valence electrons. The third kappa shape index (κ3) is 3.95. The van der Waals surface area contributed by atoms with Crippen LogP contribution in [-0.2, 0) is 5.41 Å². The summed E-state index contributed by atoms with van der Waals surface area (Å²) in [7, 11) is 2.19. The number of hydrogen-bond donors (Lipinski definition) is 0. The quantitative estimate of drug-likeness (QED) is 0.226. The number of benzene rings is 4. The molecule has 1 saturated carbocycles. The molecular weight excluding hydrogens is 545 g/mol. The molecule has 7 rings (SSSR count). The molecule has 0 N–H and O–H groups in total. The number of allylic oxidation sites excluding steroid dienone is 2. The van der Waals surface area contributed by atoms with Gasteiger partial charge in [-0.15, -0.1) is 0 Å². The van der Waals surface area contributed by atoms with Gasteiger partial charge in [-0.05, 0) is 95.3 Å². The van der Waals surface area contributed by atoms with Crippen LogP contribution in [0.2, 0.25) is 10.0 Å². The number of Topliss-reactive ketones (excluding diaryl/α,β-unsaturated/α-hetero) is 1. The van der Waals surface area contributed by atoms with E-state index < -0.39 is 11.5 Å². The largest absolute Gasteiger partial charge is 0.363 e. The van der Waals surface area contributed by atoms with Crippen molar-refractivity contribution in [3.05, 3.63) is 148 Å². The Morgan fingerprint density at radius 2 is 1.37 bits per heavy atom. The van der Waals surface area contributed by atoms with Gasteiger partial charge in [-0.3, -0.25) is 4.79 Å². The fourth-order valence-corrected chi connectivity index (χ4v) is 8.17. The van der Waals surface area contributed by atoms with Crippen molar-refractivity contribution in [2.45, 2.75) is 36.6 Å². The number of fused-ring (bicyclic) bond motifs is 3. The molecule has 0 amide bonds. The third-order valence-electron chi connectivity index (χ3n) is 9.67. The summed E-state index contributed by atoms with van der Waals surface area (Å²) < 4.78 is 0. The van der Waals surface area contributed by atoms with Gasteiger partial charge in [0.15, 0.2) is 5.78 Å². The maximum atomic E-state index is 15.0. The molecule has 41 heavy (non-hydrogen) atoms. The number of ketones is 1. The van der Waals surface area contributed by atoms with Crippen LogP contribution in [0.4, 0.5) is 5.69 Å². The summed E-state index contributed by atoms with van der Waals surface area (Å²) in [6.07, 6.45) is 9.01. The number of halogens is 2. The maximum absolute atomic E-state index is 15.0. The van der Waals surface area contributed by atoms with Crippen molar-refractivity contribution in [1.82, 2.24) is 0 Å². The average Bonchev–Trinajstić information content (AvgIpc) is 3.58. The zero-order valence-electron chi connectivity index (χ0n) is 23.0. The van der Waals surface area contributed by atoms with Gasteiger partial charge < -0.3 is 4.90 Å². The number of rotatable bonds is 4. The normalized spacial score (nSPS) is 22.5. The van der Waals surface area contributed by atoms with Gasteiger partial charge in [0.25, 0.3) is 0 Å². The Labute approximate surface area is 251 Å². The van der Waals surface area contributed by atoms with Crippen LogP contribution in [0.3, 0.4) is 0 Å². The second kappa shape index (κ2) is 10.0. The molecule has 2 aliphatic carbocycles. The molecule has 0 bridgehead atoms. The van der Waals surface area contributed by atoms with Gasteiger partial charge in [-0.1, -0.05) is 96.7 Å². The second-order valence-corrected chi connectivity index (χ2v) is 12.4. The Morgan fingerprint density at radius 3 is 2.05 bits per heavy atom. The fourth-order valence-electron chi connectivity index (χ4n) is 7.92. The van der Waals surface area contributed by atoms with E-state index in [-0.39, 0.29) is 11.2 Å². The Hall–Kier alpha value is -3.59. The first-order valence-corrected chi connectivity index (χ1v) is 15.1. The summed E-state index contributed by atoms with van der Waals surface area (Å²) in [5.41, 5.74) is 6.75. The summed E-state index contributed by atoms with van der Waals surface area (Å²) in [5.74, 6) is -0.313. The van der Waals surface area contributed by atoms with Gasteiger partial charge >= 0.3 is 0 Å². The van der Waals surface area contributed by atoms with E-state index in [0.717, 1.165) is 48.0 Å². The SMILES string of the molecule is CN1c2ccccc2C2(CCCC2)[C@@]12C=C(c1ccc(Cl)cc1)C=C(c1ccccc1)[C@H]2C(=O)c1ccc(Cl)cc1. The highest BCUT2D eigenvalue weighted by Crippen LogP contribution is 2.65. The Bertz CT molecular complexity index is 1680. The van der Waals surface area contributed by atoms with E-state index in [1.165, 1.54) is 11.3 Å². The van der Waals surface area contributed by atoms with Crippen molar-refractivity contribution in [2.75, 3.05) is 11.9 Å². The van der Waals surface area contributed by atoms with Crippen LogP contribution >= 0.6 is 23.2 Å². The van der Waals surface area contributed by atoms with Crippen LogP contribution in [0.25, 0.3) is 11.1 Å². The van der Waals surface area contributed by atoms with Crippen molar-refractivity contribution in [2.24, 2.45) is 5.92 Å². The van der Waals surface area contributed by atoms with E-state index in [9.17, 15) is 0 Å². The standard InChI is InChI=1S/C37H31Cl2NO/c1-40-33-12-6-5-11-32(33)36(21-7-8-22-36)37(40)24-28(25-13-17-29(38)18-14-25)23-31(26-9-3-2-4-10-26)34(37)35(41)27-15-19-30(39)20-16-27/h2-6,9-20,23-24,34H,7-8,21-22H2,1H3/t34-,37-/m0/s1. The molecule has 3 aliphatic rings. The van der Waals surface area contributed by atoms with Crippen molar-refractivity contribution in [3.63, 3.8) is 0 Å². The van der Waals surface area contributed by atoms with Crippen LogP contribution in [0.15, 0.2) is 115 Å². The molecule has 1 heterocycles.